The molecule has 0 aliphatic carbocycles. The zero-order valence-electron chi connectivity index (χ0n) is 14.6. The molecule has 1 N–H and O–H groups in total. The maximum atomic E-state index is 11.1. The third kappa shape index (κ3) is 8.20. The molecule has 0 fully saturated rings. The smallest absolute Gasteiger partial charge is 0.319 e. The highest BCUT2D eigenvalue weighted by Gasteiger charge is 2.00. The summed E-state index contributed by atoms with van der Waals surface area (Å²) in [5.41, 5.74) is 1.16. The van der Waals surface area contributed by atoms with Gasteiger partial charge in [0.25, 0.3) is 0 Å². The predicted octanol–water partition coefficient (Wildman–Crippen LogP) is 3.90. The SMILES string of the molecule is CCOC(=O)CNCCCOCc1ccc(Sc2ccccc2)cc1. The molecule has 134 valence electrons. The summed E-state index contributed by atoms with van der Waals surface area (Å²) in [5, 5.41) is 3.04. The van der Waals surface area contributed by atoms with Crippen molar-refractivity contribution in [3.63, 3.8) is 0 Å². The average Bonchev–Trinajstić information content (AvgIpc) is 2.63. The van der Waals surface area contributed by atoms with Gasteiger partial charge in [-0.15, -0.1) is 0 Å². The van der Waals surface area contributed by atoms with Crippen molar-refractivity contribution in [1.29, 1.82) is 0 Å². The Morgan fingerprint density at radius 3 is 2.48 bits per heavy atom. The minimum absolute atomic E-state index is 0.211. The highest BCUT2D eigenvalue weighted by Crippen LogP contribution is 2.27. The van der Waals surface area contributed by atoms with E-state index in [0.29, 0.717) is 19.8 Å². The van der Waals surface area contributed by atoms with E-state index in [9.17, 15) is 4.79 Å². The van der Waals surface area contributed by atoms with Crippen LogP contribution in [-0.4, -0.2) is 32.3 Å². The highest BCUT2D eigenvalue weighted by atomic mass is 32.2. The lowest BCUT2D eigenvalue weighted by Gasteiger charge is -2.07. The molecule has 0 heterocycles. The van der Waals surface area contributed by atoms with Gasteiger partial charge in [0, 0.05) is 16.4 Å². The monoisotopic (exact) mass is 359 g/mol. The molecular formula is C20H25NO3S. The molecule has 0 spiro atoms. The third-order valence-corrected chi connectivity index (χ3v) is 4.40. The Labute approximate surface area is 153 Å². The largest absolute Gasteiger partial charge is 0.465 e. The van der Waals surface area contributed by atoms with Gasteiger partial charge in [0.15, 0.2) is 0 Å². The molecule has 0 aromatic heterocycles. The Bertz CT molecular complexity index is 617. The van der Waals surface area contributed by atoms with Crippen molar-refractivity contribution in [1.82, 2.24) is 5.32 Å². The van der Waals surface area contributed by atoms with Crippen LogP contribution in [0.4, 0.5) is 0 Å². The van der Waals surface area contributed by atoms with E-state index >= 15 is 0 Å². The zero-order valence-corrected chi connectivity index (χ0v) is 15.4. The normalized spacial score (nSPS) is 10.6. The summed E-state index contributed by atoms with van der Waals surface area (Å²) >= 11 is 1.75. The lowest BCUT2D eigenvalue weighted by molar-refractivity contribution is -0.142. The van der Waals surface area contributed by atoms with E-state index in [4.69, 9.17) is 9.47 Å². The molecule has 0 radical (unpaired) electrons. The predicted molar refractivity (Wildman–Crippen MR) is 101 cm³/mol. The molecule has 0 bridgehead atoms. The molecule has 0 saturated heterocycles. The maximum Gasteiger partial charge on any atom is 0.319 e. The molecule has 0 atom stereocenters. The number of benzene rings is 2. The van der Waals surface area contributed by atoms with Gasteiger partial charge in [-0.2, -0.15) is 0 Å². The first-order chi connectivity index (χ1) is 12.3. The molecule has 0 aliphatic heterocycles. The quantitative estimate of drug-likeness (QED) is 0.487. The zero-order chi connectivity index (χ0) is 17.7. The summed E-state index contributed by atoms with van der Waals surface area (Å²) in [5.74, 6) is -0.211. The van der Waals surface area contributed by atoms with E-state index in [-0.39, 0.29) is 12.5 Å². The lowest BCUT2D eigenvalue weighted by Crippen LogP contribution is -2.26. The van der Waals surface area contributed by atoms with Gasteiger partial charge < -0.3 is 14.8 Å². The fourth-order valence-electron chi connectivity index (χ4n) is 2.17. The second-order valence-electron chi connectivity index (χ2n) is 5.45. The van der Waals surface area contributed by atoms with E-state index in [2.05, 4.69) is 41.7 Å². The summed E-state index contributed by atoms with van der Waals surface area (Å²) in [4.78, 5) is 13.6. The number of ether oxygens (including phenoxy) is 2. The van der Waals surface area contributed by atoms with Gasteiger partial charge in [-0.25, -0.2) is 0 Å². The molecule has 0 aliphatic rings. The first kappa shape index (κ1) is 19.5. The van der Waals surface area contributed by atoms with Crippen molar-refractivity contribution in [2.24, 2.45) is 0 Å². The van der Waals surface area contributed by atoms with Gasteiger partial charge >= 0.3 is 5.97 Å². The van der Waals surface area contributed by atoms with Crippen molar-refractivity contribution in [2.45, 2.75) is 29.7 Å². The van der Waals surface area contributed by atoms with Crippen LogP contribution in [0, 0.1) is 0 Å². The Morgan fingerprint density at radius 1 is 1.04 bits per heavy atom. The van der Waals surface area contributed by atoms with Crippen LogP contribution >= 0.6 is 11.8 Å². The van der Waals surface area contributed by atoms with Crippen molar-refractivity contribution >= 4 is 17.7 Å². The molecule has 25 heavy (non-hydrogen) atoms. The van der Waals surface area contributed by atoms with E-state index in [1.165, 1.54) is 9.79 Å². The molecular weight excluding hydrogens is 334 g/mol. The number of hydrogen-bond donors (Lipinski definition) is 1. The summed E-state index contributed by atoms with van der Waals surface area (Å²) in [6.45, 7) is 4.50. The Balaban J connectivity index is 1.58. The minimum atomic E-state index is -0.211. The van der Waals surface area contributed by atoms with Gasteiger partial charge in [-0.3, -0.25) is 4.79 Å². The van der Waals surface area contributed by atoms with Gasteiger partial charge in [0.05, 0.1) is 19.8 Å². The summed E-state index contributed by atoms with van der Waals surface area (Å²) in [7, 11) is 0. The van der Waals surface area contributed by atoms with Crippen LogP contribution < -0.4 is 5.32 Å². The van der Waals surface area contributed by atoms with E-state index in [1.807, 2.05) is 18.2 Å². The molecule has 0 saturated carbocycles. The number of hydrogen-bond acceptors (Lipinski definition) is 5. The van der Waals surface area contributed by atoms with Crippen molar-refractivity contribution < 1.29 is 14.3 Å². The van der Waals surface area contributed by atoms with Gasteiger partial charge in [0.1, 0.15) is 0 Å². The maximum absolute atomic E-state index is 11.1. The van der Waals surface area contributed by atoms with Crippen molar-refractivity contribution in [2.75, 3.05) is 26.3 Å². The lowest BCUT2D eigenvalue weighted by atomic mass is 10.2. The van der Waals surface area contributed by atoms with Crippen LogP contribution in [-0.2, 0) is 20.9 Å². The molecule has 5 heteroatoms. The second-order valence-corrected chi connectivity index (χ2v) is 6.59. The number of nitrogens with one attached hydrogen (secondary N) is 1. The van der Waals surface area contributed by atoms with Gasteiger partial charge in [-0.1, -0.05) is 42.1 Å². The van der Waals surface area contributed by atoms with Crippen LogP contribution in [0.2, 0.25) is 0 Å². The average molecular weight is 359 g/mol. The van der Waals surface area contributed by atoms with E-state index < -0.39 is 0 Å². The topological polar surface area (TPSA) is 47.6 Å². The highest BCUT2D eigenvalue weighted by molar-refractivity contribution is 7.99. The second kappa shape index (κ2) is 11.7. The van der Waals surface area contributed by atoms with Crippen molar-refractivity contribution in [3.05, 3.63) is 60.2 Å². The molecule has 2 rings (SSSR count). The van der Waals surface area contributed by atoms with E-state index in [0.717, 1.165) is 18.5 Å². The van der Waals surface area contributed by atoms with Crippen LogP contribution in [0.1, 0.15) is 18.9 Å². The Hall–Kier alpha value is -1.82. The van der Waals surface area contributed by atoms with Crippen LogP contribution in [0.25, 0.3) is 0 Å². The summed E-state index contributed by atoms with van der Waals surface area (Å²) in [6, 6.07) is 18.8. The fourth-order valence-corrected chi connectivity index (χ4v) is 3.01. The summed E-state index contributed by atoms with van der Waals surface area (Å²) in [6.07, 6.45) is 0.862. The first-order valence-corrected chi connectivity index (χ1v) is 9.35. The van der Waals surface area contributed by atoms with Crippen molar-refractivity contribution in [3.8, 4) is 0 Å². The molecule has 2 aromatic rings. The molecule has 0 amide bonds. The Kier molecular flexibility index (Phi) is 9.12. The third-order valence-electron chi connectivity index (χ3n) is 3.39. The molecule has 2 aromatic carbocycles. The standard InChI is InChI=1S/C20H25NO3S/c1-2-24-20(22)15-21-13-6-14-23-16-17-9-11-19(12-10-17)25-18-7-4-3-5-8-18/h3-5,7-12,21H,2,6,13-16H2,1H3. The van der Waals surface area contributed by atoms with Gasteiger partial charge in [-0.05, 0) is 49.7 Å². The number of rotatable bonds is 11. The van der Waals surface area contributed by atoms with Crippen LogP contribution in [0.5, 0.6) is 0 Å². The number of carbonyl (C=O) groups excluding carboxylic acids is 1. The van der Waals surface area contributed by atoms with Crippen LogP contribution in [0.3, 0.4) is 0 Å². The number of esters is 1. The minimum Gasteiger partial charge on any atom is -0.465 e. The van der Waals surface area contributed by atoms with Crippen LogP contribution in [0.15, 0.2) is 64.4 Å². The molecule has 4 nitrogen and oxygen atoms in total. The van der Waals surface area contributed by atoms with Gasteiger partial charge in [0.2, 0.25) is 0 Å². The first-order valence-electron chi connectivity index (χ1n) is 8.54. The molecule has 0 unspecified atom stereocenters. The summed E-state index contributed by atoms with van der Waals surface area (Å²) < 4.78 is 10.5. The number of carbonyl (C=O) groups is 1. The van der Waals surface area contributed by atoms with E-state index in [1.54, 1.807) is 18.7 Å². The Morgan fingerprint density at radius 2 is 1.76 bits per heavy atom. The fraction of sp³-hybridized carbons (Fsp3) is 0.350.